The first-order valence-corrected chi connectivity index (χ1v) is 4.77. The van der Waals surface area contributed by atoms with Crippen molar-refractivity contribution >= 4 is 5.91 Å². The number of aliphatic hydroxyl groups excluding tert-OH is 1. The minimum Gasteiger partial charge on any atom is -0.392 e. The minimum absolute atomic E-state index is 0.0485. The van der Waals surface area contributed by atoms with Gasteiger partial charge in [0.15, 0.2) is 0 Å². The van der Waals surface area contributed by atoms with Gasteiger partial charge in [0, 0.05) is 12.5 Å². The fraction of sp³-hybridized carbons (Fsp3) is 0.889. The van der Waals surface area contributed by atoms with Crippen LogP contribution in [0.15, 0.2) is 0 Å². The van der Waals surface area contributed by atoms with Crippen molar-refractivity contribution < 1.29 is 9.90 Å². The molecule has 4 nitrogen and oxygen atoms in total. The second kappa shape index (κ2) is 4.58. The largest absolute Gasteiger partial charge is 0.392 e. The first-order chi connectivity index (χ1) is 6.11. The standard InChI is InChI=1S/C9H18N2O2/c1-6(12)3-11-9(13)7(2)8-4-10-5-8/h6-8,10,12H,3-5H2,1-2H3,(H,11,13)/t6-,7?/m1/s1. The average molecular weight is 186 g/mol. The second-order valence-corrected chi connectivity index (χ2v) is 3.80. The molecule has 0 aliphatic carbocycles. The van der Waals surface area contributed by atoms with Gasteiger partial charge in [-0.2, -0.15) is 0 Å². The molecule has 0 saturated carbocycles. The van der Waals surface area contributed by atoms with Crippen LogP contribution in [0.2, 0.25) is 0 Å². The number of aliphatic hydroxyl groups is 1. The van der Waals surface area contributed by atoms with Crippen LogP contribution in [0.5, 0.6) is 0 Å². The number of carbonyl (C=O) groups excluding carboxylic acids is 1. The fourth-order valence-electron chi connectivity index (χ4n) is 1.29. The van der Waals surface area contributed by atoms with E-state index in [1.165, 1.54) is 0 Å². The van der Waals surface area contributed by atoms with E-state index < -0.39 is 6.10 Å². The second-order valence-electron chi connectivity index (χ2n) is 3.80. The predicted octanol–water partition coefficient (Wildman–Crippen LogP) is -0.661. The summed E-state index contributed by atoms with van der Waals surface area (Å²) in [5, 5.41) is 14.8. The molecule has 1 fully saturated rings. The summed E-state index contributed by atoms with van der Waals surface area (Å²) in [6, 6.07) is 0. The Morgan fingerprint density at radius 1 is 1.62 bits per heavy atom. The van der Waals surface area contributed by atoms with Crippen LogP contribution in [0, 0.1) is 11.8 Å². The van der Waals surface area contributed by atoms with Crippen molar-refractivity contribution in [2.24, 2.45) is 11.8 Å². The van der Waals surface area contributed by atoms with Crippen LogP contribution in [0.25, 0.3) is 0 Å². The highest BCUT2D eigenvalue weighted by Crippen LogP contribution is 2.15. The lowest BCUT2D eigenvalue weighted by Crippen LogP contribution is -2.50. The molecule has 1 saturated heterocycles. The minimum atomic E-state index is -0.462. The van der Waals surface area contributed by atoms with Crippen molar-refractivity contribution in [3.8, 4) is 0 Å². The van der Waals surface area contributed by atoms with Crippen molar-refractivity contribution in [1.82, 2.24) is 10.6 Å². The zero-order valence-corrected chi connectivity index (χ0v) is 8.21. The van der Waals surface area contributed by atoms with E-state index >= 15 is 0 Å². The van der Waals surface area contributed by atoms with Crippen molar-refractivity contribution in [3.63, 3.8) is 0 Å². The lowest BCUT2D eigenvalue weighted by atomic mass is 9.88. The Bertz CT molecular complexity index is 178. The molecule has 1 amide bonds. The zero-order chi connectivity index (χ0) is 9.84. The maximum Gasteiger partial charge on any atom is 0.223 e. The third kappa shape index (κ3) is 2.97. The van der Waals surface area contributed by atoms with E-state index in [2.05, 4.69) is 10.6 Å². The third-order valence-electron chi connectivity index (χ3n) is 2.51. The quantitative estimate of drug-likeness (QED) is 0.546. The van der Waals surface area contributed by atoms with Crippen LogP contribution >= 0.6 is 0 Å². The molecule has 1 rings (SSSR count). The lowest BCUT2D eigenvalue weighted by molar-refractivity contribution is -0.127. The first kappa shape index (κ1) is 10.5. The van der Waals surface area contributed by atoms with Crippen molar-refractivity contribution in [3.05, 3.63) is 0 Å². The molecule has 0 aromatic rings. The number of rotatable bonds is 4. The van der Waals surface area contributed by atoms with Crippen LogP contribution in [-0.4, -0.2) is 36.8 Å². The molecular formula is C9H18N2O2. The molecule has 13 heavy (non-hydrogen) atoms. The van der Waals surface area contributed by atoms with Gasteiger partial charge in [0.1, 0.15) is 0 Å². The van der Waals surface area contributed by atoms with Gasteiger partial charge in [-0.1, -0.05) is 6.92 Å². The van der Waals surface area contributed by atoms with E-state index in [0.29, 0.717) is 12.5 Å². The molecule has 1 aliphatic rings. The van der Waals surface area contributed by atoms with E-state index in [1.807, 2.05) is 6.92 Å². The molecule has 1 aliphatic heterocycles. The lowest BCUT2D eigenvalue weighted by Gasteiger charge is -2.31. The zero-order valence-electron chi connectivity index (χ0n) is 8.21. The van der Waals surface area contributed by atoms with Crippen molar-refractivity contribution in [2.75, 3.05) is 19.6 Å². The molecular weight excluding hydrogens is 168 g/mol. The maximum atomic E-state index is 11.4. The highest BCUT2D eigenvalue weighted by Gasteiger charge is 2.28. The van der Waals surface area contributed by atoms with Gasteiger partial charge in [-0.15, -0.1) is 0 Å². The Balaban J connectivity index is 2.21. The van der Waals surface area contributed by atoms with E-state index in [1.54, 1.807) is 6.92 Å². The van der Waals surface area contributed by atoms with Gasteiger partial charge in [0.05, 0.1) is 6.10 Å². The molecule has 2 atom stereocenters. The van der Waals surface area contributed by atoms with Gasteiger partial charge in [0.25, 0.3) is 0 Å². The first-order valence-electron chi connectivity index (χ1n) is 4.77. The SMILES string of the molecule is CC(C(=O)NC[C@@H](C)O)C1CNC1. The Labute approximate surface area is 78.7 Å². The van der Waals surface area contributed by atoms with Gasteiger partial charge in [-0.25, -0.2) is 0 Å². The van der Waals surface area contributed by atoms with Crippen LogP contribution in [0.3, 0.4) is 0 Å². The fourth-order valence-corrected chi connectivity index (χ4v) is 1.29. The summed E-state index contributed by atoms with van der Waals surface area (Å²) in [5.41, 5.74) is 0. The highest BCUT2D eigenvalue weighted by atomic mass is 16.3. The van der Waals surface area contributed by atoms with Crippen LogP contribution in [-0.2, 0) is 4.79 Å². The molecule has 1 heterocycles. The van der Waals surface area contributed by atoms with Gasteiger partial charge < -0.3 is 15.7 Å². The molecule has 3 N–H and O–H groups in total. The Morgan fingerprint density at radius 2 is 2.23 bits per heavy atom. The summed E-state index contributed by atoms with van der Waals surface area (Å²) >= 11 is 0. The number of hydrogen-bond acceptors (Lipinski definition) is 3. The van der Waals surface area contributed by atoms with E-state index in [9.17, 15) is 4.79 Å². The van der Waals surface area contributed by atoms with Gasteiger partial charge in [-0.3, -0.25) is 4.79 Å². The topological polar surface area (TPSA) is 61.4 Å². The number of hydrogen-bond donors (Lipinski definition) is 3. The summed E-state index contributed by atoms with van der Waals surface area (Å²) < 4.78 is 0. The highest BCUT2D eigenvalue weighted by molar-refractivity contribution is 5.78. The number of carbonyl (C=O) groups is 1. The molecule has 76 valence electrons. The Morgan fingerprint density at radius 3 is 2.62 bits per heavy atom. The molecule has 0 bridgehead atoms. The van der Waals surface area contributed by atoms with Crippen LogP contribution in [0.1, 0.15) is 13.8 Å². The Hall–Kier alpha value is -0.610. The van der Waals surface area contributed by atoms with Crippen LogP contribution < -0.4 is 10.6 Å². The van der Waals surface area contributed by atoms with Gasteiger partial charge in [0.2, 0.25) is 5.91 Å². The smallest absolute Gasteiger partial charge is 0.223 e. The van der Waals surface area contributed by atoms with E-state index in [4.69, 9.17) is 5.11 Å². The molecule has 1 unspecified atom stereocenters. The molecule has 0 aromatic heterocycles. The van der Waals surface area contributed by atoms with E-state index in [0.717, 1.165) is 13.1 Å². The maximum absolute atomic E-state index is 11.4. The molecule has 0 spiro atoms. The van der Waals surface area contributed by atoms with Crippen molar-refractivity contribution in [1.29, 1.82) is 0 Å². The normalized spacial score (nSPS) is 21.8. The molecule has 0 aromatic carbocycles. The summed E-state index contributed by atoms with van der Waals surface area (Å²) in [7, 11) is 0. The summed E-state index contributed by atoms with van der Waals surface area (Å²) in [4.78, 5) is 11.4. The summed E-state index contributed by atoms with van der Waals surface area (Å²) in [6.45, 7) is 5.81. The Kier molecular flexibility index (Phi) is 3.69. The third-order valence-corrected chi connectivity index (χ3v) is 2.51. The average Bonchev–Trinajstić information content (AvgIpc) is 1.96. The summed E-state index contributed by atoms with van der Waals surface area (Å²) in [5.74, 6) is 0.571. The number of amides is 1. The van der Waals surface area contributed by atoms with Gasteiger partial charge in [-0.05, 0) is 25.9 Å². The summed E-state index contributed by atoms with van der Waals surface area (Å²) in [6.07, 6.45) is -0.462. The monoisotopic (exact) mass is 186 g/mol. The van der Waals surface area contributed by atoms with E-state index in [-0.39, 0.29) is 11.8 Å². The number of nitrogens with one attached hydrogen (secondary N) is 2. The molecule has 4 heteroatoms. The predicted molar refractivity (Wildman–Crippen MR) is 50.2 cm³/mol. The van der Waals surface area contributed by atoms with Crippen LogP contribution in [0.4, 0.5) is 0 Å². The van der Waals surface area contributed by atoms with Crippen molar-refractivity contribution in [2.45, 2.75) is 20.0 Å². The molecule has 0 radical (unpaired) electrons. The van der Waals surface area contributed by atoms with Gasteiger partial charge >= 0.3 is 0 Å².